The molecule has 140 valence electrons. The molecule has 1 aliphatic carbocycles. The molecule has 1 amide bonds. The summed E-state index contributed by atoms with van der Waals surface area (Å²) in [7, 11) is 0. The molecule has 1 unspecified atom stereocenters. The number of hydrogen-bond donors (Lipinski definition) is 2. The lowest BCUT2D eigenvalue weighted by molar-refractivity contribution is -0.123. The lowest BCUT2D eigenvalue weighted by Crippen LogP contribution is -2.41. The van der Waals surface area contributed by atoms with Crippen molar-refractivity contribution in [3.63, 3.8) is 0 Å². The first-order valence-electron chi connectivity index (χ1n) is 9.46. The Labute approximate surface area is 158 Å². The summed E-state index contributed by atoms with van der Waals surface area (Å²) < 4.78 is 11.0. The molecular weight excluding hydrogens is 340 g/mol. The van der Waals surface area contributed by atoms with Gasteiger partial charge in [0.25, 0.3) is 5.91 Å². The SMILES string of the molecule is CCOc1ccc(OCC(=O)NC2CCc3c([nH]c4ccccc34)C2)cc1. The molecule has 2 N–H and O–H groups in total. The standard InChI is InChI=1S/C22H24N2O3/c1-2-26-16-8-10-17(11-9-16)27-14-22(25)23-15-7-12-19-18-5-3-4-6-20(18)24-21(19)13-15/h3-6,8-11,15,24H,2,7,12-14H2,1H3,(H,23,25). The Bertz CT molecular complexity index is 930. The number of para-hydroxylation sites is 1. The minimum atomic E-state index is -0.0894. The predicted octanol–water partition coefficient (Wildman–Crippen LogP) is 3.62. The number of aryl methyl sites for hydroxylation is 1. The van der Waals surface area contributed by atoms with E-state index in [4.69, 9.17) is 9.47 Å². The van der Waals surface area contributed by atoms with Gasteiger partial charge in [0.2, 0.25) is 0 Å². The third-order valence-electron chi connectivity index (χ3n) is 4.97. The summed E-state index contributed by atoms with van der Waals surface area (Å²) in [5, 5.41) is 4.40. The molecule has 1 atom stereocenters. The number of fused-ring (bicyclic) bond motifs is 3. The maximum atomic E-state index is 12.3. The Morgan fingerprint density at radius 2 is 1.85 bits per heavy atom. The number of amides is 1. The van der Waals surface area contributed by atoms with Crippen molar-refractivity contribution >= 4 is 16.8 Å². The number of aromatic nitrogens is 1. The van der Waals surface area contributed by atoms with Crippen molar-refractivity contribution in [3.8, 4) is 11.5 Å². The first kappa shape index (κ1) is 17.5. The van der Waals surface area contributed by atoms with Gasteiger partial charge in [-0.05, 0) is 55.7 Å². The minimum Gasteiger partial charge on any atom is -0.494 e. The molecular formula is C22H24N2O3. The van der Waals surface area contributed by atoms with E-state index in [1.54, 1.807) is 0 Å². The van der Waals surface area contributed by atoms with Crippen molar-refractivity contribution in [2.75, 3.05) is 13.2 Å². The fourth-order valence-electron chi connectivity index (χ4n) is 3.72. The number of rotatable bonds is 6. The van der Waals surface area contributed by atoms with E-state index in [-0.39, 0.29) is 18.6 Å². The Balaban J connectivity index is 1.31. The van der Waals surface area contributed by atoms with Gasteiger partial charge in [-0.15, -0.1) is 0 Å². The van der Waals surface area contributed by atoms with Gasteiger partial charge in [-0.2, -0.15) is 0 Å². The Morgan fingerprint density at radius 1 is 1.11 bits per heavy atom. The van der Waals surface area contributed by atoms with Crippen LogP contribution in [0.4, 0.5) is 0 Å². The topological polar surface area (TPSA) is 63.4 Å². The molecule has 27 heavy (non-hydrogen) atoms. The van der Waals surface area contributed by atoms with Crippen molar-refractivity contribution in [2.45, 2.75) is 32.2 Å². The highest BCUT2D eigenvalue weighted by Crippen LogP contribution is 2.29. The predicted molar refractivity (Wildman–Crippen MR) is 105 cm³/mol. The van der Waals surface area contributed by atoms with E-state index in [1.165, 1.54) is 22.2 Å². The van der Waals surface area contributed by atoms with E-state index in [0.717, 1.165) is 25.0 Å². The van der Waals surface area contributed by atoms with Gasteiger partial charge in [-0.25, -0.2) is 0 Å². The van der Waals surface area contributed by atoms with Crippen molar-refractivity contribution in [1.29, 1.82) is 0 Å². The second kappa shape index (κ2) is 7.74. The molecule has 0 saturated carbocycles. The maximum Gasteiger partial charge on any atom is 0.258 e. The van der Waals surface area contributed by atoms with Gasteiger partial charge in [0.15, 0.2) is 6.61 Å². The number of H-pyrrole nitrogens is 1. The number of carbonyl (C=O) groups excluding carboxylic acids is 1. The van der Waals surface area contributed by atoms with Gasteiger partial charge in [-0.1, -0.05) is 18.2 Å². The van der Waals surface area contributed by atoms with Crippen LogP contribution in [0.15, 0.2) is 48.5 Å². The van der Waals surface area contributed by atoms with Crippen LogP contribution in [-0.4, -0.2) is 30.1 Å². The highest BCUT2D eigenvalue weighted by atomic mass is 16.5. The summed E-state index contributed by atoms with van der Waals surface area (Å²) in [5.41, 5.74) is 3.80. The van der Waals surface area contributed by atoms with Crippen LogP contribution in [0.25, 0.3) is 10.9 Å². The third kappa shape index (κ3) is 3.92. The van der Waals surface area contributed by atoms with Gasteiger partial charge in [0.05, 0.1) is 6.61 Å². The second-order valence-electron chi connectivity index (χ2n) is 6.83. The zero-order valence-corrected chi connectivity index (χ0v) is 15.5. The highest BCUT2D eigenvalue weighted by Gasteiger charge is 2.23. The van der Waals surface area contributed by atoms with E-state index in [2.05, 4.69) is 28.5 Å². The number of ether oxygens (including phenoxy) is 2. The van der Waals surface area contributed by atoms with E-state index < -0.39 is 0 Å². The van der Waals surface area contributed by atoms with Crippen LogP contribution in [-0.2, 0) is 17.6 Å². The molecule has 1 aliphatic rings. The van der Waals surface area contributed by atoms with Crippen LogP contribution in [0.3, 0.4) is 0 Å². The average Bonchev–Trinajstić information content (AvgIpc) is 3.05. The van der Waals surface area contributed by atoms with E-state index in [1.807, 2.05) is 37.3 Å². The summed E-state index contributed by atoms with van der Waals surface area (Å²) in [4.78, 5) is 15.8. The molecule has 0 radical (unpaired) electrons. The molecule has 1 heterocycles. The molecule has 1 aromatic heterocycles. The summed E-state index contributed by atoms with van der Waals surface area (Å²) in [5.74, 6) is 1.37. The molecule has 0 saturated heterocycles. The summed E-state index contributed by atoms with van der Waals surface area (Å²) in [6, 6.07) is 15.8. The van der Waals surface area contributed by atoms with E-state index in [9.17, 15) is 4.79 Å². The molecule has 5 heteroatoms. The zero-order valence-electron chi connectivity index (χ0n) is 15.5. The van der Waals surface area contributed by atoms with E-state index >= 15 is 0 Å². The minimum absolute atomic E-state index is 0.0179. The molecule has 3 aromatic rings. The van der Waals surface area contributed by atoms with Crippen molar-refractivity contribution < 1.29 is 14.3 Å². The fourth-order valence-corrected chi connectivity index (χ4v) is 3.72. The largest absolute Gasteiger partial charge is 0.494 e. The molecule has 0 bridgehead atoms. The van der Waals surface area contributed by atoms with Crippen LogP contribution in [0.2, 0.25) is 0 Å². The smallest absolute Gasteiger partial charge is 0.258 e. The molecule has 0 fully saturated rings. The van der Waals surface area contributed by atoms with Gasteiger partial charge >= 0.3 is 0 Å². The van der Waals surface area contributed by atoms with Crippen LogP contribution < -0.4 is 14.8 Å². The highest BCUT2D eigenvalue weighted by molar-refractivity contribution is 5.85. The normalized spacial score (nSPS) is 16.0. The number of benzene rings is 2. The van der Waals surface area contributed by atoms with E-state index in [0.29, 0.717) is 12.4 Å². The second-order valence-corrected chi connectivity index (χ2v) is 6.83. The van der Waals surface area contributed by atoms with Crippen molar-refractivity contribution in [3.05, 3.63) is 59.8 Å². The molecule has 4 rings (SSSR count). The first-order chi connectivity index (χ1) is 13.2. The molecule has 2 aromatic carbocycles. The Morgan fingerprint density at radius 3 is 2.63 bits per heavy atom. The third-order valence-corrected chi connectivity index (χ3v) is 4.97. The lowest BCUT2D eigenvalue weighted by Gasteiger charge is -2.23. The summed E-state index contributed by atoms with van der Waals surface area (Å²) in [6.07, 6.45) is 2.76. The average molecular weight is 364 g/mol. The van der Waals surface area contributed by atoms with Crippen LogP contribution in [0, 0.1) is 0 Å². The van der Waals surface area contributed by atoms with Crippen LogP contribution in [0.5, 0.6) is 11.5 Å². The molecule has 5 nitrogen and oxygen atoms in total. The number of hydrogen-bond acceptors (Lipinski definition) is 3. The summed E-state index contributed by atoms with van der Waals surface area (Å²) in [6.45, 7) is 2.59. The first-order valence-corrected chi connectivity index (χ1v) is 9.46. The van der Waals surface area contributed by atoms with Crippen molar-refractivity contribution in [1.82, 2.24) is 10.3 Å². The quantitative estimate of drug-likeness (QED) is 0.702. The monoisotopic (exact) mass is 364 g/mol. The number of carbonyl (C=O) groups is 1. The van der Waals surface area contributed by atoms with Gasteiger partial charge in [0.1, 0.15) is 11.5 Å². The maximum absolute atomic E-state index is 12.3. The zero-order chi connectivity index (χ0) is 18.6. The Kier molecular flexibility index (Phi) is 5.01. The molecule has 0 aliphatic heterocycles. The van der Waals surface area contributed by atoms with Crippen LogP contribution >= 0.6 is 0 Å². The van der Waals surface area contributed by atoms with Gasteiger partial charge < -0.3 is 19.8 Å². The fraction of sp³-hybridized carbons (Fsp3) is 0.318. The Hall–Kier alpha value is -2.95. The van der Waals surface area contributed by atoms with Gasteiger partial charge in [0, 0.05) is 29.1 Å². The van der Waals surface area contributed by atoms with Crippen molar-refractivity contribution in [2.24, 2.45) is 0 Å². The lowest BCUT2D eigenvalue weighted by atomic mass is 9.92. The number of aromatic amines is 1. The summed E-state index contributed by atoms with van der Waals surface area (Å²) >= 11 is 0. The van der Waals surface area contributed by atoms with Crippen LogP contribution in [0.1, 0.15) is 24.6 Å². The molecule has 0 spiro atoms. The van der Waals surface area contributed by atoms with Gasteiger partial charge in [-0.3, -0.25) is 4.79 Å². The number of nitrogens with one attached hydrogen (secondary N) is 2.